The van der Waals surface area contributed by atoms with Gasteiger partial charge in [-0.25, -0.2) is 0 Å². The van der Waals surface area contributed by atoms with E-state index in [1.165, 1.54) is 231 Å². The molecular weight excluding hydrogens is 1140 g/mol. The Morgan fingerprint density at radius 2 is 0.489 bits per heavy atom. The van der Waals surface area contributed by atoms with Gasteiger partial charge in [0.1, 0.15) is 0 Å². The van der Waals surface area contributed by atoms with E-state index in [1.807, 2.05) is 48.5 Å². The zero-order chi connectivity index (χ0) is 65.3. The molecule has 0 amide bonds. The number of rotatable bonds is 65. The van der Waals surface area contributed by atoms with Gasteiger partial charge in [-0.3, -0.25) is 0 Å². The lowest BCUT2D eigenvalue weighted by molar-refractivity contribution is 0.234. The number of hydrogen-bond acceptors (Lipinski definition) is 11. The van der Waals surface area contributed by atoms with Crippen molar-refractivity contribution in [3.05, 3.63) is 54.6 Å². The van der Waals surface area contributed by atoms with Crippen molar-refractivity contribution in [2.75, 3.05) is 50.3 Å². The first-order chi connectivity index (χ1) is 45.5. The van der Waals surface area contributed by atoms with Crippen molar-refractivity contribution in [3.8, 4) is 45.9 Å². The van der Waals surface area contributed by atoms with Gasteiger partial charge >= 0.3 is 0 Å². The van der Waals surface area contributed by atoms with Gasteiger partial charge in [-0.1, -0.05) is 335 Å². The van der Waals surface area contributed by atoms with Crippen molar-refractivity contribution < 1.29 is 28.4 Å². The quantitative estimate of drug-likeness (QED) is 0.0412. The Balaban J connectivity index is 1.72. The fourth-order valence-electron chi connectivity index (χ4n) is 11.9. The van der Waals surface area contributed by atoms with Gasteiger partial charge in [-0.15, -0.1) is 0 Å². The van der Waals surface area contributed by atoms with Crippen molar-refractivity contribution >= 4 is 23.3 Å². The summed E-state index contributed by atoms with van der Waals surface area (Å²) in [6.45, 7) is 17.3. The summed E-state index contributed by atoms with van der Waals surface area (Å²) in [7, 11) is 0. The van der Waals surface area contributed by atoms with Crippen molar-refractivity contribution in [1.82, 2.24) is 15.0 Å². The SMILES string of the molecule is CCCCCCCCCCOc1cc(Nc2nc(Nc3cc(OCCCCCCCCCC)c(OCCCCCCCCCC)c(OCCCCCCCCCC)c3)nc(-c3cc[c]cc3)n2)cc(OCCCCCCCCCC)c1OCCCCCCCCCC. The van der Waals surface area contributed by atoms with Gasteiger partial charge in [0.2, 0.25) is 23.4 Å². The number of hydrogen-bond donors (Lipinski definition) is 2. The van der Waals surface area contributed by atoms with E-state index in [2.05, 4.69) is 58.2 Å². The molecule has 0 saturated carbocycles. The zero-order valence-corrected chi connectivity index (χ0v) is 60.1. The highest BCUT2D eigenvalue weighted by Crippen LogP contribution is 2.44. The van der Waals surface area contributed by atoms with Gasteiger partial charge in [-0.05, 0) is 44.6 Å². The molecule has 0 bridgehead atoms. The van der Waals surface area contributed by atoms with E-state index in [4.69, 9.17) is 43.4 Å². The first kappa shape index (κ1) is 79.5. The Hall–Kier alpha value is -4.93. The second kappa shape index (κ2) is 56.4. The molecule has 4 rings (SSSR count). The van der Waals surface area contributed by atoms with E-state index in [0.29, 0.717) is 91.9 Å². The molecule has 0 saturated heterocycles. The number of unbranched alkanes of at least 4 members (excludes halogenated alkanes) is 42. The number of nitrogens with zero attached hydrogens (tertiary/aromatic N) is 3. The first-order valence-corrected chi connectivity index (χ1v) is 38.9. The van der Waals surface area contributed by atoms with Crippen LogP contribution in [-0.2, 0) is 0 Å². The maximum atomic E-state index is 6.79. The molecule has 3 aromatic carbocycles. The van der Waals surface area contributed by atoms with E-state index in [0.717, 1.165) is 94.0 Å². The van der Waals surface area contributed by atoms with E-state index in [9.17, 15) is 0 Å². The Morgan fingerprint density at radius 1 is 0.272 bits per heavy atom. The maximum absolute atomic E-state index is 6.79. The summed E-state index contributed by atoms with van der Waals surface area (Å²) in [5.41, 5.74) is 2.34. The fourth-order valence-corrected chi connectivity index (χ4v) is 11.9. The van der Waals surface area contributed by atoms with Crippen molar-refractivity contribution in [2.45, 2.75) is 350 Å². The zero-order valence-electron chi connectivity index (χ0n) is 60.1. The summed E-state index contributed by atoms with van der Waals surface area (Å²) in [6, 6.07) is 19.1. The van der Waals surface area contributed by atoms with Crippen LogP contribution in [-0.4, -0.2) is 54.6 Å². The minimum absolute atomic E-state index is 0.378. The lowest BCUT2D eigenvalue weighted by atomic mass is 10.1. The van der Waals surface area contributed by atoms with E-state index in [1.54, 1.807) is 0 Å². The van der Waals surface area contributed by atoms with Gasteiger partial charge in [0, 0.05) is 41.2 Å². The number of benzene rings is 3. The molecule has 0 aliphatic heterocycles. The maximum Gasteiger partial charge on any atom is 0.232 e. The van der Waals surface area contributed by atoms with Crippen LogP contribution in [0.3, 0.4) is 0 Å². The van der Waals surface area contributed by atoms with Crippen LogP contribution >= 0.6 is 0 Å². The lowest BCUT2D eigenvalue weighted by Crippen LogP contribution is -2.09. The number of nitrogens with one attached hydrogen (secondary N) is 2. The largest absolute Gasteiger partial charge is 0.489 e. The first-order valence-electron chi connectivity index (χ1n) is 38.9. The second-order valence-corrected chi connectivity index (χ2v) is 26.4. The summed E-state index contributed by atoms with van der Waals surface area (Å²) in [6.07, 6.45) is 59.1. The molecule has 0 spiro atoms. The van der Waals surface area contributed by atoms with Crippen LogP contribution in [0.2, 0.25) is 0 Å². The fraction of sp³-hybridized carbons (Fsp3) is 0.741. The van der Waals surface area contributed by atoms with Crippen molar-refractivity contribution in [1.29, 1.82) is 0 Å². The molecule has 0 aliphatic carbocycles. The van der Waals surface area contributed by atoms with Gasteiger partial charge in [-0.2, -0.15) is 15.0 Å². The Morgan fingerprint density at radius 3 is 0.728 bits per heavy atom. The highest BCUT2D eigenvalue weighted by Gasteiger charge is 2.21. The Labute approximate surface area is 564 Å². The predicted molar refractivity (Wildman–Crippen MR) is 392 cm³/mol. The van der Waals surface area contributed by atoms with Crippen LogP contribution in [0.4, 0.5) is 23.3 Å². The molecule has 92 heavy (non-hydrogen) atoms. The molecule has 1 heterocycles. The van der Waals surface area contributed by atoms with Crippen LogP contribution in [0, 0.1) is 6.07 Å². The summed E-state index contributed by atoms with van der Waals surface area (Å²) in [5.74, 6) is 5.36. The summed E-state index contributed by atoms with van der Waals surface area (Å²) < 4.78 is 40.7. The molecule has 521 valence electrons. The number of aromatic nitrogens is 3. The lowest BCUT2D eigenvalue weighted by Gasteiger charge is -2.20. The number of anilines is 4. The smallest absolute Gasteiger partial charge is 0.232 e. The molecule has 0 fully saturated rings. The third-order valence-corrected chi connectivity index (χ3v) is 17.7. The highest BCUT2D eigenvalue weighted by molar-refractivity contribution is 5.70. The predicted octanol–water partition coefficient (Wildman–Crippen LogP) is 25.9. The van der Waals surface area contributed by atoms with Crippen LogP contribution in [0.5, 0.6) is 34.5 Å². The molecule has 2 N–H and O–H groups in total. The topological polar surface area (TPSA) is 118 Å². The average Bonchev–Trinajstić information content (AvgIpc) is 0.921. The van der Waals surface area contributed by atoms with Crippen LogP contribution < -0.4 is 39.1 Å². The minimum Gasteiger partial charge on any atom is -0.489 e. The Bertz CT molecular complexity index is 2110. The molecule has 0 atom stereocenters. The average molecular weight is 1280 g/mol. The molecule has 11 heteroatoms. The van der Waals surface area contributed by atoms with Gasteiger partial charge in [0.05, 0.1) is 39.6 Å². The van der Waals surface area contributed by atoms with Gasteiger partial charge < -0.3 is 39.1 Å². The van der Waals surface area contributed by atoms with Crippen molar-refractivity contribution in [3.63, 3.8) is 0 Å². The van der Waals surface area contributed by atoms with Crippen LogP contribution in [0.1, 0.15) is 350 Å². The molecule has 1 aromatic heterocycles. The second-order valence-electron chi connectivity index (χ2n) is 26.4. The van der Waals surface area contributed by atoms with E-state index >= 15 is 0 Å². The molecule has 0 unspecified atom stereocenters. The molecule has 0 aliphatic rings. The molecule has 11 nitrogen and oxygen atoms in total. The standard InChI is InChI=1S/C81H136N5O6/c1-7-13-19-25-31-37-43-52-60-87-73-66-71(67-74(88-61-53-44-38-32-26-20-14-8-2)77(73)91-64-56-47-41-35-29-23-17-11-5)82-80-84-79(70-58-50-49-51-59-70)85-81(86-80)83-72-68-75(89-62-54-45-39-33-27-21-15-9-3)78(92-65-57-48-42-36-30-24-18-12-6)76(69-72)90-63-55-46-40-34-28-22-16-10-4/h50-51,58-59,66-69H,7-48,52-57,60-65H2,1-6H3,(H2,82,83,84,85,86). The van der Waals surface area contributed by atoms with Gasteiger partial charge in [0.15, 0.2) is 28.8 Å². The minimum atomic E-state index is 0.378. The summed E-state index contributed by atoms with van der Waals surface area (Å²) in [5, 5.41) is 7.26. The monoisotopic (exact) mass is 1280 g/mol. The Kier molecular flexibility index (Phi) is 48.8. The highest BCUT2D eigenvalue weighted by atomic mass is 16.5. The third-order valence-electron chi connectivity index (χ3n) is 17.7. The van der Waals surface area contributed by atoms with Crippen molar-refractivity contribution in [2.24, 2.45) is 0 Å². The molecule has 4 aromatic rings. The van der Waals surface area contributed by atoms with Crippen LogP contribution in [0.25, 0.3) is 11.4 Å². The normalized spacial score (nSPS) is 11.3. The third kappa shape index (κ3) is 38.4. The summed E-state index contributed by atoms with van der Waals surface area (Å²) in [4.78, 5) is 15.3. The molecule has 1 radical (unpaired) electrons. The van der Waals surface area contributed by atoms with E-state index in [-0.39, 0.29) is 0 Å². The van der Waals surface area contributed by atoms with E-state index < -0.39 is 0 Å². The molecular formula is C81H136N5O6. The van der Waals surface area contributed by atoms with Gasteiger partial charge in [0.25, 0.3) is 0 Å². The number of ether oxygens (including phenoxy) is 6. The van der Waals surface area contributed by atoms with Crippen LogP contribution in [0.15, 0.2) is 48.5 Å². The summed E-state index contributed by atoms with van der Waals surface area (Å²) >= 11 is 0.